The minimum absolute atomic E-state index is 0.0441. The summed E-state index contributed by atoms with van der Waals surface area (Å²) in [5, 5.41) is 8.29. The number of benzene rings is 1. The van der Waals surface area contributed by atoms with E-state index >= 15 is 0 Å². The van der Waals surface area contributed by atoms with Crippen LogP contribution in [0.15, 0.2) is 18.2 Å². The lowest BCUT2D eigenvalue weighted by molar-refractivity contribution is -0.130. The van der Waals surface area contributed by atoms with Crippen molar-refractivity contribution in [2.45, 2.75) is 0 Å². The van der Waals surface area contributed by atoms with Crippen LogP contribution in [0.2, 0.25) is 0 Å². The Kier molecular flexibility index (Phi) is 3.08. The van der Waals surface area contributed by atoms with Crippen molar-refractivity contribution in [2.24, 2.45) is 0 Å². The third-order valence-corrected chi connectivity index (χ3v) is 1.49. The molecule has 3 nitrogen and oxygen atoms in total. The van der Waals surface area contributed by atoms with E-state index in [1.54, 1.807) is 0 Å². The highest BCUT2D eigenvalue weighted by molar-refractivity contribution is 5.87. The first kappa shape index (κ1) is 10.1. The maximum atomic E-state index is 13.1. The summed E-state index contributed by atoms with van der Waals surface area (Å²) >= 11 is 0. The van der Waals surface area contributed by atoms with Crippen molar-refractivity contribution in [2.75, 3.05) is 7.11 Å². The molecule has 0 saturated carbocycles. The highest BCUT2D eigenvalue weighted by atomic mass is 19.1. The van der Waals surface area contributed by atoms with Crippen LogP contribution in [0.1, 0.15) is 5.56 Å². The molecule has 0 unspecified atom stereocenters. The fourth-order valence-electron chi connectivity index (χ4n) is 0.912. The predicted molar refractivity (Wildman–Crippen MR) is 47.5 cm³/mol. The molecule has 0 heterocycles. The summed E-state index contributed by atoms with van der Waals surface area (Å²) < 4.78 is 17.9. The third kappa shape index (κ3) is 2.23. The van der Waals surface area contributed by atoms with Crippen LogP contribution < -0.4 is 4.74 Å². The van der Waals surface area contributed by atoms with Crippen molar-refractivity contribution >= 4 is 5.97 Å². The van der Waals surface area contributed by atoms with Gasteiger partial charge in [0.1, 0.15) is 17.1 Å². The van der Waals surface area contributed by atoms with Crippen molar-refractivity contribution in [1.29, 1.82) is 0 Å². The van der Waals surface area contributed by atoms with Crippen LogP contribution in [0, 0.1) is 17.7 Å². The van der Waals surface area contributed by atoms with E-state index in [0.717, 1.165) is 0 Å². The number of ether oxygens (including phenoxy) is 1. The molecule has 0 aliphatic heterocycles. The summed E-state index contributed by atoms with van der Waals surface area (Å²) in [6.45, 7) is 0. The van der Waals surface area contributed by atoms with Crippen LogP contribution in [0.5, 0.6) is 5.75 Å². The number of carboxylic acids is 1. The molecule has 1 N–H and O–H groups in total. The SMILES string of the molecule is COc1cccc(F)c1C#CC(=O)O. The van der Waals surface area contributed by atoms with E-state index in [9.17, 15) is 9.18 Å². The Labute approximate surface area is 80.1 Å². The molecule has 0 atom stereocenters. The Morgan fingerprint density at radius 1 is 1.57 bits per heavy atom. The van der Waals surface area contributed by atoms with Gasteiger partial charge in [0.15, 0.2) is 0 Å². The third-order valence-electron chi connectivity index (χ3n) is 1.49. The molecule has 0 radical (unpaired) electrons. The van der Waals surface area contributed by atoms with Crippen molar-refractivity contribution < 1.29 is 19.0 Å². The van der Waals surface area contributed by atoms with E-state index < -0.39 is 11.8 Å². The molecular formula is C10H7FO3. The number of methoxy groups -OCH3 is 1. The zero-order chi connectivity index (χ0) is 10.6. The average Bonchev–Trinajstić information content (AvgIpc) is 2.15. The summed E-state index contributed by atoms with van der Waals surface area (Å²) in [4.78, 5) is 10.1. The lowest BCUT2D eigenvalue weighted by Gasteiger charge is -2.02. The van der Waals surface area contributed by atoms with E-state index in [1.807, 2.05) is 5.92 Å². The molecule has 1 aromatic carbocycles. The topological polar surface area (TPSA) is 46.5 Å². The number of halogens is 1. The number of carbonyl (C=O) groups is 1. The molecule has 0 amide bonds. The van der Waals surface area contributed by atoms with Crippen molar-refractivity contribution in [1.82, 2.24) is 0 Å². The number of hydrogen-bond acceptors (Lipinski definition) is 2. The van der Waals surface area contributed by atoms with Crippen LogP contribution in [0.3, 0.4) is 0 Å². The minimum Gasteiger partial charge on any atom is -0.495 e. The van der Waals surface area contributed by atoms with Gasteiger partial charge in [-0.05, 0) is 18.1 Å². The van der Waals surface area contributed by atoms with Gasteiger partial charge in [0.25, 0.3) is 0 Å². The molecule has 1 rings (SSSR count). The van der Waals surface area contributed by atoms with Crippen LogP contribution in [-0.2, 0) is 4.79 Å². The largest absolute Gasteiger partial charge is 0.495 e. The molecule has 0 aliphatic rings. The summed E-state index contributed by atoms with van der Waals surface area (Å²) in [6, 6.07) is 4.16. The number of carboxylic acid groups (broad SMARTS) is 1. The molecule has 14 heavy (non-hydrogen) atoms. The average molecular weight is 194 g/mol. The van der Waals surface area contributed by atoms with Crippen LogP contribution in [0.25, 0.3) is 0 Å². The minimum atomic E-state index is -1.31. The van der Waals surface area contributed by atoms with Gasteiger partial charge in [0.2, 0.25) is 0 Å². The molecule has 0 fully saturated rings. The van der Waals surface area contributed by atoms with Gasteiger partial charge in [-0.25, -0.2) is 9.18 Å². The van der Waals surface area contributed by atoms with Crippen LogP contribution >= 0.6 is 0 Å². The maximum absolute atomic E-state index is 13.1. The van der Waals surface area contributed by atoms with Gasteiger partial charge in [-0.1, -0.05) is 6.07 Å². The summed E-state index contributed by atoms with van der Waals surface area (Å²) in [5.74, 6) is 2.32. The summed E-state index contributed by atoms with van der Waals surface area (Å²) in [7, 11) is 1.36. The van der Waals surface area contributed by atoms with E-state index in [2.05, 4.69) is 5.92 Å². The number of hydrogen-bond donors (Lipinski definition) is 1. The van der Waals surface area contributed by atoms with Gasteiger partial charge >= 0.3 is 5.97 Å². The second-order valence-corrected chi connectivity index (χ2v) is 2.37. The highest BCUT2D eigenvalue weighted by Gasteiger charge is 2.05. The zero-order valence-corrected chi connectivity index (χ0v) is 7.37. The standard InChI is InChI=1S/C10H7FO3/c1-14-9-4-2-3-8(11)7(9)5-6-10(12)13/h2-4H,1H3,(H,12,13). The maximum Gasteiger partial charge on any atom is 0.382 e. The summed E-state index contributed by atoms with van der Waals surface area (Å²) in [6.07, 6.45) is 0. The number of rotatable bonds is 1. The molecule has 0 aromatic heterocycles. The molecular weight excluding hydrogens is 187 g/mol. The first-order chi connectivity index (χ1) is 6.65. The van der Waals surface area contributed by atoms with Crippen LogP contribution in [-0.4, -0.2) is 18.2 Å². The van der Waals surface area contributed by atoms with E-state index in [1.165, 1.54) is 25.3 Å². The fraction of sp³-hybridized carbons (Fsp3) is 0.100. The monoisotopic (exact) mass is 194 g/mol. The first-order valence-corrected chi connectivity index (χ1v) is 3.72. The smallest absolute Gasteiger partial charge is 0.382 e. The molecule has 72 valence electrons. The van der Waals surface area contributed by atoms with Gasteiger partial charge in [-0.3, -0.25) is 0 Å². The molecule has 0 saturated heterocycles. The Morgan fingerprint density at radius 3 is 2.86 bits per heavy atom. The Hall–Kier alpha value is -2.02. The quantitative estimate of drug-likeness (QED) is 0.685. The Balaban J connectivity index is 3.19. The van der Waals surface area contributed by atoms with Gasteiger partial charge in [-0.2, -0.15) is 0 Å². The van der Waals surface area contributed by atoms with Gasteiger partial charge in [0.05, 0.1) is 7.11 Å². The lowest BCUT2D eigenvalue weighted by atomic mass is 10.2. The summed E-state index contributed by atoms with van der Waals surface area (Å²) in [5.41, 5.74) is -0.0441. The van der Waals surface area contributed by atoms with E-state index in [4.69, 9.17) is 9.84 Å². The fourth-order valence-corrected chi connectivity index (χ4v) is 0.912. The second-order valence-electron chi connectivity index (χ2n) is 2.37. The highest BCUT2D eigenvalue weighted by Crippen LogP contribution is 2.19. The van der Waals surface area contributed by atoms with E-state index in [0.29, 0.717) is 0 Å². The normalized spacial score (nSPS) is 8.71. The number of aliphatic carboxylic acids is 1. The van der Waals surface area contributed by atoms with Gasteiger partial charge in [-0.15, -0.1) is 0 Å². The first-order valence-electron chi connectivity index (χ1n) is 3.72. The van der Waals surface area contributed by atoms with Crippen molar-refractivity contribution in [3.63, 3.8) is 0 Å². The molecule has 1 aromatic rings. The second kappa shape index (κ2) is 4.28. The van der Waals surface area contributed by atoms with Crippen LogP contribution in [0.4, 0.5) is 4.39 Å². The Bertz CT molecular complexity index is 415. The molecule has 0 bridgehead atoms. The zero-order valence-electron chi connectivity index (χ0n) is 7.37. The molecule has 0 spiro atoms. The van der Waals surface area contributed by atoms with E-state index in [-0.39, 0.29) is 11.3 Å². The van der Waals surface area contributed by atoms with Gasteiger partial charge in [0, 0.05) is 5.92 Å². The lowest BCUT2D eigenvalue weighted by Crippen LogP contribution is -1.93. The van der Waals surface area contributed by atoms with Crippen molar-refractivity contribution in [3.05, 3.63) is 29.6 Å². The van der Waals surface area contributed by atoms with Crippen molar-refractivity contribution in [3.8, 4) is 17.6 Å². The predicted octanol–water partition coefficient (Wildman–Crippen LogP) is 1.27. The molecule has 4 heteroatoms. The Morgan fingerprint density at radius 2 is 2.29 bits per heavy atom. The van der Waals surface area contributed by atoms with Gasteiger partial charge < -0.3 is 9.84 Å². The molecule has 0 aliphatic carbocycles.